The monoisotopic (exact) mass is 431 g/mol. The van der Waals surface area contributed by atoms with Gasteiger partial charge in [-0.3, -0.25) is 5.32 Å². The number of nitrogens with zero attached hydrogens (tertiary/aromatic N) is 1. The summed E-state index contributed by atoms with van der Waals surface area (Å²) in [5.74, 6) is 0. The molecule has 0 unspecified atom stereocenters. The van der Waals surface area contributed by atoms with Gasteiger partial charge in [-0.15, -0.1) is 11.3 Å². The number of carbonyl (C=O) groups is 1. The van der Waals surface area contributed by atoms with Crippen LogP contribution in [-0.4, -0.2) is 11.0 Å². The van der Waals surface area contributed by atoms with Crippen LogP contribution in [0.5, 0.6) is 0 Å². The number of amides is 2. The third-order valence-electron chi connectivity index (χ3n) is 3.12. The average Bonchev–Trinajstić information content (AvgIpc) is 3.02. The lowest BCUT2D eigenvalue weighted by atomic mass is 10.2. The molecule has 0 fully saturated rings. The summed E-state index contributed by atoms with van der Waals surface area (Å²) in [6, 6.07) is 9.60. The van der Waals surface area contributed by atoms with Crippen LogP contribution in [0, 0.1) is 0 Å². The average molecular weight is 433 g/mol. The van der Waals surface area contributed by atoms with Crippen LogP contribution in [0.1, 0.15) is 0 Å². The highest BCUT2D eigenvalue weighted by Gasteiger charge is 2.10. The number of hydrogen-bond acceptors (Lipinski definition) is 3. The van der Waals surface area contributed by atoms with E-state index >= 15 is 0 Å². The minimum Gasteiger partial charge on any atom is -0.308 e. The summed E-state index contributed by atoms with van der Waals surface area (Å²) in [6.45, 7) is 0. The molecule has 4 nitrogen and oxygen atoms in total. The van der Waals surface area contributed by atoms with E-state index in [1.165, 1.54) is 11.3 Å². The zero-order chi connectivity index (χ0) is 18.0. The fourth-order valence-electron chi connectivity index (χ4n) is 1.95. The van der Waals surface area contributed by atoms with Gasteiger partial charge < -0.3 is 5.32 Å². The predicted molar refractivity (Wildman–Crippen MR) is 107 cm³/mol. The van der Waals surface area contributed by atoms with Crippen molar-refractivity contribution < 1.29 is 4.79 Å². The van der Waals surface area contributed by atoms with E-state index in [1.54, 1.807) is 30.3 Å². The van der Waals surface area contributed by atoms with Gasteiger partial charge in [0.05, 0.1) is 25.8 Å². The van der Waals surface area contributed by atoms with E-state index in [1.807, 2.05) is 11.4 Å². The van der Waals surface area contributed by atoms with E-state index in [4.69, 9.17) is 46.4 Å². The second-order valence-corrected chi connectivity index (χ2v) is 7.36. The fourth-order valence-corrected chi connectivity index (χ4v) is 3.26. The fraction of sp³-hybridized carbons (Fsp3) is 0. The molecule has 1 aromatic heterocycles. The molecule has 2 aromatic carbocycles. The molecule has 2 amide bonds. The summed E-state index contributed by atoms with van der Waals surface area (Å²) in [5.41, 5.74) is 2.02. The highest BCUT2D eigenvalue weighted by Crippen LogP contribution is 2.30. The number of urea groups is 1. The van der Waals surface area contributed by atoms with Crippen LogP contribution < -0.4 is 10.6 Å². The van der Waals surface area contributed by atoms with Crippen molar-refractivity contribution >= 4 is 74.6 Å². The van der Waals surface area contributed by atoms with Crippen molar-refractivity contribution in [2.75, 3.05) is 10.6 Å². The Morgan fingerprint density at radius 3 is 2.24 bits per heavy atom. The van der Waals surface area contributed by atoms with Gasteiger partial charge in [-0.25, -0.2) is 9.78 Å². The van der Waals surface area contributed by atoms with Gasteiger partial charge in [-0.05, 0) is 30.3 Å². The number of thiazole rings is 1. The Morgan fingerprint density at radius 2 is 1.56 bits per heavy atom. The molecule has 0 spiro atoms. The Morgan fingerprint density at radius 1 is 0.880 bits per heavy atom. The van der Waals surface area contributed by atoms with Crippen LogP contribution >= 0.6 is 57.7 Å². The van der Waals surface area contributed by atoms with Crippen LogP contribution in [0.3, 0.4) is 0 Å². The van der Waals surface area contributed by atoms with Crippen molar-refractivity contribution in [1.29, 1.82) is 0 Å². The van der Waals surface area contributed by atoms with Crippen LogP contribution in [0.4, 0.5) is 15.6 Å². The standard InChI is InChI=1S/C16H9Cl4N3OS/c17-10-3-1-8(5-12(10)19)14-7-25-16(22-14)23-15(24)21-9-2-4-11(18)13(20)6-9/h1-7H,(H2,21,22,23,24). The van der Waals surface area contributed by atoms with Crippen LogP contribution in [0.25, 0.3) is 11.3 Å². The van der Waals surface area contributed by atoms with E-state index in [-0.39, 0.29) is 0 Å². The van der Waals surface area contributed by atoms with Gasteiger partial charge in [0.15, 0.2) is 5.13 Å². The molecular weight excluding hydrogens is 424 g/mol. The SMILES string of the molecule is O=C(Nc1ccc(Cl)c(Cl)c1)Nc1nc(-c2ccc(Cl)c(Cl)c2)cs1. The zero-order valence-electron chi connectivity index (χ0n) is 12.3. The van der Waals surface area contributed by atoms with Crippen LogP contribution in [-0.2, 0) is 0 Å². The van der Waals surface area contributed by atoms with Crippen molar-refractivity contribution in [3.63, 3.8) is 0 Å². The summed E-state index contributed by atoms with van der Waals surface area (Å²) in [4.78, 5) is 16.4. The number of nitrogens with one attached hydrogen (secondary N) is 2. The Hall–Kier alpha value is -1.50. The van der Waals surface area contributed by atoms with Gasteiger partial charge in [0.1, 0.15) is 0 Å². The van der Waals surface area contributed by atoms with E-state index in [0.717, 1.165) is 5.56 Å². The first-order valence-electron chi connectivity index (χ1n) is 6.86. The van der Waals surface area contributed by atoms with E-state index in [0.29, 0.717) is 36.6 Å². The number of hydrogen-bond donors (Lipinski definition) is 2. The molecule has 3 rings (SSSR count). The molecule has 0 aliphatic heterocycles. The van der Waals surface area contributed by atoms with Crippen LogP contribution in [0.15, 0.2) is 41.8 Å². The number of halogens is 4. The molecule has 1 heterocycles. The Bertz CT molecular complexity index is 945. The molecule has 2 N–H and O–H groups in total. The Labute approximate surface area is 167 Å². The third-order valence-corrected chi connectivity index (χ3v) is 5.35. The number of aromatic nitrogens is 1. The first-order valence-corrected chi connectivity index (χ1v) is 9.25. The molecule has 128 valence electrons. The largest absolute Gasteiger partial charge is 0.325 e. The maximum atomic E-state index is 12.1. The quantitative estimate of drug-likeness (QED) is 0.464. The summed E-state index contributed by atoms with van der Waals surface area (Å²) in [5, 5.41) is 9.27. The number of benzene rings is 2. The minimum atomic E-state index is -0.437. The third kappa shape index (κ3) is 4.57. The van der Waals surface area contributed by atoms with Gasteiger partial charge in [0, 0.05) is 16.6 Å². The van der Waals surface area contributed by atoms with Crippen molar-refractivity contribution in [1.82, 2.24) is 4.98 Å². The first kappa shape index (κ1) is 18.3. The van der Waals surface area contributed by atoms with Crippen molar-refractivity contribution in [2.24, 2.45) is 0 Å². The zero-order valence-corrected chi connectivity index (χ0v) is 16.2. The maximum Gasteiger partial charge on any atom is 0.325 e. The maximum absolute atomic E-state index is 12.1. The molecule has 3 aromatic rings. The molecule has 0 bridgehead atoms. The minimum absolute atomic E-state index is 0.357. The second-order valence-electron chi connectivity index (χ2n) is 4.87. The molecule has 0 saturated heterocycles. The van der Waals surface area contributed by atoms with Gasteiger partial charge in [0.2, 0.25) is 0 Å². The molecule has 9 heteroatoms. The van der Waals surface area contributed by atoms with Gasteiger partial charge in [0.25, 0.3) is 0 Å². The number of anilines is 2. The topological polar surface area (TPSA) is 54.0 Å². The number of rotatable bonds is 3. The highest BCUT2D eigenvalue weighted by molar-refractivity contribution is 7.14. The van der Waals surface area contributed by atoms with Gasteiger partial charge >= 0.3 is 6.03 Å². The van der Waals surface area contributed by atoms with Crippen molar-refractivity contribution in [3.05, 3.63) is 61.9 Å². The second kappa shape index (κ2) is 7.81. The summed E-state index contributed by atoms with van der Waals surface area (Å²) in [6.07, 6.45) is 0. The lowest BCUT2D eigenvalue weighted by Crippen LogP contribution is -2.19. The van der Waals surface area contributed by atoms with Gasteiger partial charge in [-0.1, -0.05) is 52.5 Å². The molecule has 25 heavy (non-hydrogen) atoms. The summed E-state index contributed by atoms with van der Waals surface area (Å²) in [7, 11) is 0. The lowest BCUT2D eigenvalue weighted by Gasteiger charge is -2.06. The summed E-state index contributed by atoms with van der Waals surface area (Å²) < 4.78 is 0. The highest BCUT2D eigenvalue weighted by atomic mass is 35.5. The molecule has 0 aliphatic carbocycles. The van der Waals surface area contributed by atoms with Crippen molar-refractivity contribution in [3.8, 4) is 11.3 Å². The smallest absolute Gasteiger partial charge is 0.308 e. The normalized spacial score (nSPS) is 10.6. The van der Waals surface area contributed by atoms with E-state index in [2.05, 4.69) is 15.6 Å². The molecular formula is C16H9Cl4N3OS. The molecule has 0 saturated carbocycles. The van der Waals surface area contributed by atoms with Crippen molar-refractivity contribution in [2.45, 2.75) is 0 Å². The molecule has 0 atom stereocenters. The Balaban J connectivity index is 1.69. The van der Waals surface area contributed by atoms with E-state index in [9.17, 15) is 4.79 Å². The molecule has 0 aliphatic rings. The van der Waals surface area contributed by atoms with Crippen LogP contribution in [0.2, 0.25) is 20.1 Å². The number of carbonyl (C=O) groups excluding carboxylic acids is 1. The first-order chi connectivity index (χ1) is 11.9. The predicted octanol–water partition coefficient (Wildman–Crippen LogP) is 7.07. The molecule has 0 radical (unpaired) electrons. The summed E-state index contributed by atoms with van der Waals surface area (Å²) >= 11 is 25.0. The van der Waals surface area contributed by atoms with E-state index < -0.39 is 6.03 Å². The lowest BCUT2D eigenvalue weighted by molar-refractivity contribution is 0.262. The van der Waals surface area contributed by atoms with Gasteiger partial charge in [-0.2, -0.15) is 0 Å². The Kier molecular flexibility index (Phi) is 5.71.